The van der Waals surface area contributed by atoms with Gasteiger partial charge in [0, 0.05) is 38.8 Å². The summed E-state index contributed by atoms with van der Waals surface area (Å²) in [6.07, 6.45) is 0. The van der Waals surface area contributed by atoms with Crippen LogP contribution in [0.25, 0.3) is 75.4 Å². The summed E-state index contributed by atoms with van der Waals surface area (Å²) in [5, 5.41) is 8.02. The Kier molecular flexibility index (Phi) is 6.36. The van der Waals surface area contributed by atoms with E-state index in [4.69, 9.17) is 9.40 Å². The van der Waals surface area contributed by atoms with Gasteiger partial charge in [0.1, 0.15) is 16.2 Å². The molecule has 0 fully saturated rings. The molecule has 0 N–H and O–H groups in total. The van der Waals surface area contributed by atoms with Crippen LogP contribution >= 0.6 is 11.3 Å². The van der Waals surface area contributed by atoms with Gasteiger partial charge in [0.25, 0.3) is 0 Å². The van der Waals surface area contributed by atoms with Crippen LogP contribution in [0.1, 0.15) is 0 Å². The van der Waals surface area contributed by atoms with E-state index in [1.807, 2.05) is 12.1 Å². The number of hydrogen-bond donors (Lipinski definition) is 0. The Balaban J connectivity index is 1.24. The number of thiazole rings is 1. The number of anilines is 3. The molecule has 2 heterocycles. The van der Waals surface area contributed by atoms with Gasteiger partial charge in [-0.05, 0) is 87.9 Å². The van der Waals surface area contributed by atoms with Crippen molar-refractivity contribution in [1.82, 2.24) is 4.98 Å². The third kappa shape index (κ3) is 4.61. The first-order chi connectivity index (χ1) is 24.3. The van der Waals surface area contributed by atoms with Crippen LogP contribution in [0.15, 0.2) is 174 Å². The normalized spacial score (nSPS) is 11.7. The molecule has 49 heavy (non-hydrogen) atoms. The number of aromatic nitrogens is 1. The van der Waals surface area contributed by atoms with Crippen molar-refractivity contribution in [2.75, 3.05) is 4.90 Å². The number of para-hydroxylation sites is 2. The lowest BCUT2D eigenvalue weighted by Crippen LogP contribution is -2.09. The Bertz CT molecular complexity index is 2820. The molecule has 0 spiro atoms. The average molecular weight is 645 g/mol. The van der Waals surface area contributed by atoms with Crippen molar-refractivity contribution in [1.29, 1.82) is 0 Å². The minimum absolute atomic E-state index is 0.886. The number of fused-ring (bicyclic) bond motifs is 8. The molecule has 0 saturated carbocycles. The Morgan fingerprint density at radius 1 is 0.469 bits per heavy atom. The average Bonchev–Trinajstić information content (AvgIpc) is 3.78. The van der Waals surface area contributed by atoms with Crippen LogP contribution in [0.3, 0.4) is 0 Å². The molecule has 0 saturated heterocycles. The minimum atomic E-state index is 0.886. The maximum atomic E-state index is 6.20. The van der Waals surface area contributed by atoms with Crippen LogP contribution in [0.5, 0.6) is 0 Å². The standard InChI is InChI=1S/C45H28N2OS/c1-4-12-29(13-5-1)37-26-31-20-25-42-44(46-45(49-42)30-14-6-2-7-15-30)43(31)36-23-21-33(27-38(36)37)47(32-16-8-3-9-17-32)34-22-24-41-39(28-34)35-18-10-11-19-40(35)48-41/h1-28H. The summed E-state index contributed by atoms with van der Waals surface area (Å²) in [6.45, 7) is 0. The second-order valence-electron chi connectivity index (χ2n) is 12.4. The fourth-order valence-electron chi connectivity index (χ4n) is 7.20. The van der Waals surface area contributed by atoms with E-state index < -0.39 is 0 Å². The summed E-state index contributed by atoms with van der Waals surface area (Å²) >= 11 is 1.75. The molecule has 0 unspecified atom stereocenters. The second-order valence-corrected chi connectivity index (χ2v) is 13.4. The van der Waals surface area contributed by atoms with Gasteiger partial charge < -0.3 is 9.32 Å². The van der Waals surface area contributed by atoms with Gasteiger partial charge in [-0.1, -0.05) is 109 Å². The van der Waals surface area contributed by atoms with Gasteiger partial charge >= 0.3 is 0 Å². The van der Waals surface area contributed by atoms with Gasteiger partial charge in [-0.25, -0.2) is 4.98 Å². The van der Waals surface area contributed by atoms with Gasteiger partial charge in [0.2, 0.25) is 0 Å². The van der Waals surface area contributed by atoms with Gasteiger partial charge in [0.15, 0.2) is 0 Å². The van der Waals surface area contributed by atoms with Crippen LogP contribution in [-0.2, 0) is 0 Å². The predicted octanol–water partition coefficient (Wildman–Crippen LogP) is 13.3. The quantitative estimate of drug-likeness (QED) is 0.175. The Morgan fingerprint density at radius 2 is 1.12 bits per heavy atom. The molecule has 0 aliphatic carbocycles. The van der Waals surface area contributed by atoms with Crippen molar-refractivity contribution in [2.24, 2.45) is 0 Å². The highest BCUT2D eigenvalue weighted by Gasteiger charge is 2.19. The lowest BCUT2D eigenvalue weighted by atomic mass is 9.92. The fourth-order valence-corrected chi connectivity index (χ4v) is 8.18. The fraction of sp³-hybridized carbons (Fsp3) is 0. The van der Waals surface area contributed by atoms with E-state index in [0.717, 1.165) is 55.1 Å². The zero-order valence-electron chi connectivity index (χ0n) is 26.4. The SMILES string of the molecule is c1ccc(-c2nc3c(ccc4cc(-c5ccccc5)c5cc(N(c6ccccc6)c6ccc7oc8ccccc8c7c6)ccc5c43)s2)cc1. The Morgan fingerprint density at radius 3 is 1.92 bits per heavy atom. The minimum Gasteiger partial charge on any atom is -0.456 e. The zero-order valence-corrected chi connectivity index (χ0v) is 27.2. The summed E-state index contributed by atoms with van der Waals surface area (Å²) in [4.78, 5) is 7.61. The van der Waals surface area contributed by atoms with E-state index in [9.17, 15) is 0 Å². The van der Waals surface area contributed by atoms with E-state index in [-0.39, 0.29) is 0 Å². The molecule has 0 aliphatic rings. The second kappa shape index (κ2) is 11.2. The largest absolute Gasteiger partial charge is 0.456 e. The molecule has 0 amide bonds. The first-order valence-electron chi connectivity index (χ1n) is 16.5. The molecular weight excluding hydrogens is 617 g/mol. The van der Waals surface area contributed by atoms with Crippen molar-refractivity contribution < 1.29 is 4.42 Å². The molecule has 3 nitrogen and oxygen atoms in total. The van der Waals surface area contributed by atoms with Crippen LogP contribution in [0.4, 0.5) is 17.1 Å². The molecule has 0 bridgehead atoms. The molecule has 230 valence electrons. The van der Waals surface area contributed by atoms with Crippen LogP contribution in [0, 0.1) is 0 Å². The van der Waals surface area contributed by atoms with E-state index in [1.54, 1.807) is 11.3 Å². The number of rotatable bonds is 5. The molecule has 0 aliphatic heterocycles. The highest BCUT2D eigenvalue weighted by molar-refractivity contribution is 7.21. The van der Waals surface area contributed by atoms with Crippen molar-refractivity contribution in [2.45, 2.75) is 0 Å². The van der Waals surface area contributed by atoms with E-state index >= 15 is 0 Å². The highest BCUT2D eigenvalue weighted by atomic mass is 32.1. The molecule has 0 atom stereocenters. The van der Waals surface area contributed by atoms with Crippen LogP contribution in [-0.4, -0.2) is 4.98 Å². The van der Waals surface area contributed by atoms with Gasteiger partial charge in [0.05, 0.1) is 10.2 Å². The summed E-state index contributed by atoms with van der Waals surface area (Å²) in [5.41, 5.74) is 9.61. The molecule has 2 aromatic heterocycles. The molecule has 0 radical (unpaired) electrons. The van der Waals surface area contributed by atoms with Gasteiger partial charge in [-0.3, -0.25) is 0 Å². The van der Waals surface area contributed by atoms with Crippen molar-refractivity contribution in [3.05, 3.63) is 170 Å². The summed E-state index contributed by atoms with van der Waals surface area (Å²) < 4.78 is 7.39. The van der Waals surface area contributed by atoms with Crippen LogP contribution < -0.4 is 4.90 Å². The van der Waals surface area contributed by atoms with Crippen molar-refractivity contribution in [3.8, 4) is 21.7 Å². The van der Waals surface area contributed by atoms with Gasteiger partial charge in [-0.15, -0.1) is 11.3 Å². The summed E-state index contributed by atoms with van der Waals surface area (Å²) in [5.74, 6) is 0. The number of benzene rings is 8. The topological polar surface area (TPSA) is 29.3 Å². The lowest BCUT2D eigenvalue weighted by Gasteiger charge is -2.26. The third-order valence-electron chi connectivity index (χ3n) is 9.45. The summed E-state index contributed by atoms with van der Waals surface area (Å²) in [6, 6.07) is 60.3. The molecule has 4 heteroatoms. The number of furan rings is 1. The van der Waals surface area contributed by atoms with E-state index in [0.29, 0.717) is 0 Å². The molecule has 10 rings (SSSR count). The molecule has 8 aromatic carbocycles. The van der Waals surface area contributed by atoms with E-state index in [2.05, 4.69) is 163 Å². The lowest BCUT2D eigenvalue weighted by molar-refractivity contribution is 0.669. The molecular formula is C45H28N2OS. The van der Waals surface area contributed by atoms with Crippen molar-refractivity contribution >= 4 is 82.1 Å². The Hall–Kier alpha value is -6.23. The first-order valence-corrected chi connectivity index (χ1v) is 17.3. The number of nitrogens with zero attached hydrogens (tertiary/aromatic N) is 2. The smallest absolute Gasteiger partial charge is 0.135 e. The highest BCUT2D eigenvalue weighted by Crippen LogP contribution is 2.44. The van der Waals surface area contributed by atoms with Crippen LogP contribution in [0.2, 0.25) is 0 Å². The maximum absolute atomic E-state index is 6.20. The Labute approximate surface area is 286 Å². The predicted molar refractivity (Wildman–Crippen MR) is 207 cm³/mol. The van der Waals surface area contributed by atoms with Gasteiger partial charge in [-0.2, -0.15) is 0 Å². The van der Waals surface area contributed by atoms with E-state index in [1.165, 1.54) is 37.4 Å². The third-order valence-corrected chi connectivity index (χ3v) is 10.5. The summed E-state index contributed by atoms with van der Waals surface area (Å²) in [7, 11) is 0. The maximum Gasteiger partial charge on any atom is 0.135 e. The monoisotopic (exact) mass is 644 g/mol. The number of hydrogen-bond acceptors (Lipinski definition) is 4. The first kappa shape index (κ1) is 27.8. The zero-order chi connectivity index (χ0) is 32.3. The molecule has 10 aromatic rings. The van der Waals surface area contributed by atoms with Crippen molar-refractivity contribution in [3.63, 3.8) is 0 Å².